The molecule has 2 aliphatic heterocycles. The minimum absolute atomic E-state index is 0.0416. The largest absolute Gasteiger partial charge is 0.492 e. The third-order valence-corrected chi connectivity index (χ3v) is 6.93. The van der Waals surface area contributed by atoms with E-state index >= 15 is 0 Å². The Kier molecular flexibility index (Phi) is 7.72. The number of benzene rings is 2. The maximum Gasteiger partial charge on any atom is 0.253 e. The first kappa shape index (κ1) is 22.4. The predicted octanol–water partition coefficient (Wildman–Crippen LogP) is 4.29. The number of hydrogen-bond acceptors (Lipinski definition) is 4. The van der Waals surface area contributed by atoms with Crippen LogP contribution in [0.25, 0.3) is 0 Å². The van der Waals surface area contributed by atoms with E-state index in [4.69, 9.17) is 27.9 Å². The second kappa shape index (κ2) is 10.7. The van der Waals surface area contributed by atoms with Crippen LogP contribution >= 0.6 is 23.2 Å². The van der Waals surface area contributed by atoms with Gasteiger partial charge in [-0.25, -0.2) is 0 Å². The smallest absolute Gasteiger partial charge is 0.253 e. The SMILES string of the molecule is O=C(c1ccc(Cl)c(Cl)c1)N1CCC[C@H](N2CCN(CCOc3ccccc3)CC2)C1. The summed E-state index contributed by atoms with van der Waals surface area (Å²) in [5.41, 5.74) is 0.610. The first-order valence-electron chi connectivity index (χ1n) is 11.0. The molecule has 0 unspecified atom stereocenters. The number of piperidine rings is 1. The number of nitrogens with zero attached hydrogens (tertiary/aromatic N) is 3. The number of halogens is 2. The van der Waals surface area contributed by atoms with Crippen molar-refractivity contribution in [1.82, 2.24) is 14.7 Å². The number of carbonyl (C=O) groups excluding carboxylic acids is 1. The maximum absolute atomic E-state index is 13.0. The third-order valence-electron chi connectivity index (χ3n) is 6.19. The molecule has 2 saturated heterocycles. The molecule has 0 bridgehead atoms. The van der Waals surface area contributed by atoms with Gasteiger partial charge in [-0.3, -0.25) is 14.6 Å². The van der Waals surface area contributed by atoms with E-state index in [0.29, 0.717) is 28.3 Å². The first-order chi connectivity index (χ1) is 15.1. The lowest BCUT2D eigenvalue weighted by atomic mass is 10.0. The first-order valence-corrected chi connectivity index (χ1v) is 11.7. The highest BCUT2D eigenvalue weighted by Gasteiger charge is 2.30. The molecule has 2 aromatic rings. The van der Waals surface area contributed by atoms with Crippen molar-refractivity contribution < 1.29 is 9.53 Å². The molecule has 5 nitrogen and oxygen atoms in total. The van der Waals surface area contributed by atoms with E-state index in [2.05, 4.69) is 9.80 Å². The van der Waals surface area contributed by atoms with Crippen molar-refractivity contribution >= 4 is 29.1 Å². The Bertz CT molecular complexity index is 872. The summed E-state index contributed by atoms with van der Waals surface area (Å²) < 4.78 is 5.83. The molecule has 1 atom stereocenters. The monoisotopic (exact) mass is 461 g/mol. The minimum atomic E-state index is 0.0416. The van der Waals surface area contributed by atoms with E-state index in [1.54, 1.807) is 18.2 Å². The van der Waals surface area contributed by atoms with Crippen molar-refractivity contribution in [1.29, 1.82) is 0 Å². The summed E-state index contributed by atoms with van der Waals surface area (Å²) >= 11 is 12.1. The van der Waals surface area contributed by atoms with Gasteiger partial charge in [0.1, 0.15) is 12.4 Å². The van der Waals surface area contributed by atoms with E-state index < -0.39 is 0 Å². The highest BCUT2D eigenvalue weighted by atomic mass is 35.5. The van der Waals surface area contributed by atoms with Gasteiger partial charge in [0.25, 0.3) is 5.91 Å². The van der Waals surface area contributed by atoms with Gasteiger partial charge in [-0.1, -0.05) is 41.4 Å². The number of carbonyl (C=O) groups is 1. The molecule has 7 heteroatoms. The van der Waals surface area contributed by atoms with Crippen LogP contribution < -0.4 is 4.74 Å². The van der Waals surface area contributed by atoms with Crippen LogP contribution in [0.2, 0.25) is 10.0 Å². The average molecular weight is 462 g/mol. The fraction of sp³-hybridized carbons (Fsp3) is 0.458. The summed E-state index contributed by atoms with van der Waals surface area (Å²) in [6.07, 6.45) is 2.17. The molecule has 2 aliphatic rings. The van der Waals surface area contributed by atoms with Gasteiger partial charge in [0.05, 0.1) is 10.0 Å². The van der Waals surface area contributed by atoms with Crippen LogP contribution in [0.1, 0.15) is 23.2 Å². The van der Waals surface area contributed by atoms with Gasteiger partial charge in [0, 0.05) is 57.4 Å². The van der Waals surface area contributed by atoms with E-state index in [0.717, 1.165) is 64.4 Å². The summed E-state index contributed by atoms with van der Waals surface area (Å²) in [6.45, 7) is 7.36. The normalized spacial score (nSPS) is 20.6. The molecule has 166 valence electrons. The second-order valence-electron chi connectivity index (χ2n) is 8.22. The van der Waals surface area contributed by atoms with Crippen molar-refractivity contribution in [3.05, 3.63) is 64.1 Å². The Morgan fingerprint density at radius 3 is 2.48 bits per heavy atom. The number of hydrogen-bond donors (Lipinski definition) is 0. The van der Waals surface area contributed by atoms with E-state index in [1.807, 2.05) is 35.2 Å². The number of rotatable bonds is 6. The summed E-state index contributed by atoms with van der Waals surface area (Å²) in [6, 6.07) is 15.5. The van der Waals surface area contributed by atoms with Gasteiger partial charge >= 0.3 is 0 Å². The zero-order valence-corrected chi connectivity index (χ0v) is 19.2. The molecule has 2 heterocycles. The highest BCUT2D eigenvalue weighted by Crippen LogP contribution is 2.25. The summed E-state index contributed by atoms with van der Waals surface area (Å²) in [7, 11) is 0. The van der Waals surface area contributed by atoms with Crippen LogP contribution in [-0.4, -0.2) is 79.1 Å². The predicted molar refractivity (Wildman–Crippen MR) is 125 cm³/mol. The molecule has 0 aromatic heterocycles. The van der Waals surface area contributed by atoms with E-state index in [-0.39, 0.29) is 5.91 Å². The van der Waals surface area contributed by atoms with E-state index in [1.165, 1.54) is 0 Å². The number of likely N-dealkylation sites (tertiary alicyclic amines) is 1. The number of piperazine rings is 1. The van der Waals surface area contributed by atoms with Crippen molar-refractivity contribution in [2.75, 3.05) is 52.4 Å². The fourth-order valence-electron chi connectivity index (χ4n) is 4.41. The summed E-state index contributed by atoms with van der Waals surface area (Å²) in [5, 5.41) is 0.898. The zero-order chi connectivity index (χ0) is 21.6. The van der Waals surface area contributed by atoms with Gasteiger partial charge < -0.3 is 9.64 Å². The lowest BCUT2D eigenvalue weighted by Crippen LogP contribution is -2.56. The van der Waals surface area contributed by atoms with Crippen LogP contribution in [0.5, 0.6) is 5.75 Å². The van der Waals surface area contributed by atoms with Crippen LogP contribution in [0.4, 0.5) is 0 Å². The number of ether oxygens (including phenoxy) is 1. The molecule has 0 saturated carbocycles. The van der Waals surface area contributed by atoms with Crippen molar-refractivity contribution in [3.8, 4) is 5.75 Å². The summed E-state index contributed by atoms with van der Waals surface area (Å²) in [4.78, 5) is 19.9. The van der Waals surface area contributed by atoms with Crippen molar-refractivity contribution in [3.63, 3.8) is 0 Å². The molecule has 1 amide bonds. The maximum atomic E-state index is 13.0. The molecule has 31 heavy (non-hydrogen) atoms. The minimum Gasteiger partial charge on any atom is -0.492 e. The Balaban J connectivity index is 1.24. The van der Waals surface area contributed by atoms with Crippen LogP contribution in [0.15, 0.2) is 48.5 Å². The summed E-state index contributed by atoms with van der Waals surface area (Å²) in [5.74, 6) is 0.968. The van der Waals surface area contributed by atoms with E-state index in [9.17, 15) is 4.79 Å². The second-order valence-corrected chi connectivity index (χ2v) is 9.03. The molecular weight excluding hydrogens is 433 g/mol. The lowest BCUT2D eigenvalue weighted by Gasteiger charge is -2.43. The average Bonchev–Trinajstić information content (AvgIpc) is 2.82. The van der Waals surface area contributed by atoms with Crippen LogP contribution in [0.3, 0.4) is 0 Å². The number of amides is 1. The van der Waals surface area contributed by atoms with Gasteiger partial charge in [0.2, 0.25) is 0 Å². The van der Waals surface area contributed by atoms with Gasteiger partial charge in [-0.15, -0.1) is 0 Å². The van der Waals surface area contributed by atoms with Crippen molar-refractivity contribution in [2.24, 2.45) is 0 Å². The molecule has 0 aliphatic carbocycles. The molecule has 0 N–H and O–H groups in total. The third kappa shape index (κ3) is 5.92. The standard InChI is InChI=1S/C24H29Cl2N3O2/c25-22-9-8-19(17-23(22)26)24(30)29-10-4-5-20(18-29)28-13-11-27(12-14-28)15-16-31-21-6-2-1-3-7-21/h1-3,6-9,17,20H,4-5,10-16,18H2/t20-/m0/s1. The Labute approximate surface area is 194 Å². The quantitative estimate of drug-likeness (QED) is 0.642. The molecule has 4 rings (SSSR count). The van der Waals surface area contributed by atoms with Gasteiger partial charge in [0.15, 0.2) is 0 Å². The molecule has 2 fully saturated rings. The topological polar surface area (TPSA) is 36.0 Å². The molecule has 0 spiro atoms. The highest BCUT2D eigenvalue weighted by molar-refractivity contribution is 6.42. The van der Waals surface area contributed by atoms with Gasteiger partial charge in [-0.2, -0.15) is 0 Å². The fourth-order valence-corrected chi connectivity index (χ4v) is 4.71. The lowest BCUT2D eigenvalue weighted by molar-refractivity contribution is 0.0399. The Hall–Kier alpha value is -1.79. The van der Waals surface area contributed by atoms with Gasteiger partial charge in [-0.05, 0) is 43.2 Å². The molecule has 2 aromatic carbocycles. The molecular formula is C24H29Cl2N3O2. The molecule has 0 radical (unpaired) electrons. The van der Waals surface area contributed by atoms with Crippen LogP contribution in [0, 0.1) is 0 Å². The zero-order valence-electron chi connectivity index (χ0n) is 17.7. The Morgan fingerprint density at radius 1 is 0.968 bits per heavy atom. The van der Waals surface area contributed by atoms with Crippen molar-refractivity contribution in [2.45, 2.75) is 18.9 Å². The van der Waals surface area contributed by atoms with Crippen LogP contribution in [-0.2, 0) is 0 Å². The number of para-hydroxylation sites is 1. The Morgan fingerprint density at radius 2 is 1.74 bits per heavy atom.